The molecule has 1 aromatic rings. The zero-order chi connectivity index (χ0) is 26.3. The van der Waals surface area contributed by atoms with Gasteiger partial charge in [0.25, 0.3) is 0 Å². The van der Waals surface area contributed by atoms with E-state index in [1.54, 1.807) is 0 Å². The average Bonchev–Trinajstić information content (AvgIpc) is 2.84. The van der Waals surface area contributed by atoms with Crippen LogP contribution >= 0.6 is 0 Å². The van der Waals surface area contributed by atoms with Crippen molar-refractivity contribution in [2.45, 2.75) is 121 Å². The van der Waals surface area contributed by atoms with Crippen LogP contribution in [0.5, 0.6) is 0 Å². The number of alkyl carbamates (subject to hydrolysis) is 1. The number of amides is 1. The molecule has 1 aromatic carbocycles. The zero-order valence-corrected chi connectivity index (χ0v) is 24.9. The molecule has 0 heterocycles. The van der Waals surface area contributed by atoms with Crippen LogP contribution < -0.4 is 10.6 Å². The quantitative estimate of drug-likeness (QED) is 0.357. The number of nitrogens with one attached hydrogen (secondary N) is 2. The number of hydrogen-bond acceptors (Lipinski definition) is 4. The molecule has 4 bridgehead atoms. The average molecular weight is 527 g/mol. The van der Waals surface area contributed by atoms with Gasteiger partial charge in [-0.3, -0.25) is 0 Å². The van der Waals surface area contributed by atoms with Gasteiger partial charge in [-0.1, -0.05) is 51.1 Å². The third-order valence-electron chi connectivity index (χ3n) is 10.6. The molecule has 5 aliphatic rings. The SMILES string of the molecule is CC(C)(C)[Si](C)(C)O[C@H]1CC[C@@H](N[C@@H]2[C@@H]3CC4C[C@H]2C[C@@](CNC(=O)OCc2ccccc2)(C4)C3)CC1. The maximum Gasteiger partial charge on any atom is 0.407 e. The van der Waals surface area contributed by atoms with Crippen molar-refractivity contribution >= 4 is 14.4 Å². The van der Waals surface area contributed by atoms with Crippen LogP contribution in [0.3, 0.4) is 0 Å². The van der Waals surface area contributed by atoms with E-state index in [2.05, 4.69) is 44.5 Å². The van der Waals surface area contributed by atoms with Crippen molar-refractivity contribution in [2.75, 3.05) is 6.54 Å². The van der Waals surface area contributed by atoms with E-state index >= 15 is 0 Å². The summed E-state index contributed by atoms with van der Waals surface area (Å²) in [5, 5.41) is 7.61. The van der Waals surface area contributed by atoms with Crippen molar-refractivity contribution in [1.29, 1.82) is 0 Å². The lowest BCUT2D eigenvalue weighted by molar-refractivity contribution is -0.0786. The molecule has 5 saturated carbocycles. The van der Waals surface area contributed by atoms with Crippen LogP contribution in [0.25, 0.3) is 0 Å². The molecule has 2 N–H and O–H groups in total. The lowest BCUT2D eigenvalue weighted by Crippen LogP contribution is -2.62. The summed E-state index contributed by atoms with van der Waals surface area (Å²) in [6, 6.07) is 11.2. The van der Waals surface area contributed by atoms with Gasteiger partial charge in [-0.25, -0.2) is 4.79 Å². The molecule has 6 rings (SSSR count). The fraction of sp³-hybridized carbons (Fsp3) is 0.774. The van der Waals surface area contributed by atoms with Crippen molar-refractivity contribution in [2.24, 2.45) is 23.2 Å². The molecule has 5 aliphatic carbocycles. The Bertz CT molecular complexity index is 906. The van der Waals surface area contributed by atoms with Crippen LogP contribution in [0.4, 0.5) is 4.79 Å². The van der Waals surface area contributed by atoms with Crippen LogP contribution in [-0.2, 0) is 15.8 Å². The molecule has 37 heavy (non-hydrogen) atoms. The summed E-state index contributed by atoms with van der Waals surface area (Å²) in [4.78, 5) is 12.5. The smallest absolute Gasteiger partial charge is 0.407 e. The summed E-state index contributed by atoms with van der Waals surface area (Å²) in [5.74, 6) is 2.36. The number of benzene rings is 1. The fourth-order valence-corrected chi connectivity index (χ4v) is 9.35. The molecule has 0 aliphatic heterocycles. The first-order valence-electron chi connectivity index (χ1n) is 14.9. The highest BCUT2D eigenvalue weighted by Crippen LogP contribution is 2.60. The predicted molar refractivity (Wildman–Crippen MR) is 152 cm³/mol. The van der Waals surface area contributed by atoms with Gasteiger partial charge >= 0.3 is 6.09 Å². The Labute approximate surface area is 226 Å². The summed E-state index contributed by atoms with van der Waals surface area (Å²) in [7, 11) is -1.68. The van der Waals surface area contributed by atoms with E-state index in [1.807, 2.05) is 30.3 Å². The van der Waals surface area contributed by atoms with Crippen molar-refractivity contribution in [3.63, 3.8) is 0 Å². The summed E-state index contributed by atoms with van der Waals surface area (Å²) in [6.45, 7) is 12.9. The molecule has 6 heteroatoms. The Kier molecular flexibility index (Phi) is 7.83. The molecule has 5 nitrogen and oxygen atoms in total. The van der Waals surface area contributed by atoms with E-state index in [4.69, 9.17) is 9.16 Å². The third kappa shape index (κ3) is 6.28. The maximum atomic E-state index is 12.5. The van der Waals surface area contributed by atoms with Crippen LogP contribution in [0.15, 0.2) is 30.3 Å². The monoisotopic (exact) mass is 526 g/mol. The first-order chi connectivity index (χ1) is 17.5. The number of carbonyl (C=O) groups excluding carboxylic acids is 1. The van der Waals surface area contributed by atoms with E-state index in [0.717, 1.165) is 29.9 Å². The molecule has 206 valence electrons. The van der Waals surface area contributed by atoms with Gasteiger partial charge in [-0.05, 0) is 105 Å². The highest BCUT2D eigenvalue weighted by Gasteiger charge is 2.55. The highest BCUT2D eigenvalue weighted by molar-refractivity contribution is 6.74. The number of hydrogen-bond donors (Lipinski definition) is 2. The molecular weight excluding hydrogens is 476 g/mol. The van der Waals surface area contributed by atoms with E-state index in [9.17, 15) is 4.79 Å². The highest BCUT2D eigenvalue weighted by atomic mass is 28.4. The Hall–Kier alpha value is -1.37. The van der Waals surface area contributed by atoms with Crippen molar-refractivity contribution in [1.82, 2.24) is 10.6 Å². The molecule has 0 aromatic heterocycles. The Morgan fingerprint density at radius 3 is 2.27 bits per heavy atom. The summed E-state index contributed by atoms with van der Waals surface area (Å²) >= 11 is 0. The van der Waals surface area contributed by atoms with Gasteiger partial charge in [-0.2, -0.15) is 0 Å². The van der Waals surface area contributed by atoms with Gasteiger partial charge in [0.1, 0.15) is 6.61 Å². The van der Waals surface area contributed by atoms with E-state index < -0.39 is 8.32 Å². The van der Waals surface area contributed by atoms with Crippen molar-refractivity contribution in [3.8, 4) is 0 Å². The van der Waals surface area contributed by atoms with E-state index in [0.29, 0.717) is 24.8 Å². The topological polar surface area (TPSA) is 59.6 Å². The maximum absolute atomic E-state index is 12.5. The van der Waals surface area contributed by atoms with Gasteiger partial charge in [0.15, 0.2) is 8.32 Å². The molecule has 5 fully saturated rings. The first-order valence-corrected chi connectivity index (χ1v) is 17.8. The largest absolute Gasteiger partial charge is 0.445 e. The summed E-state index contributed by atoms with van der Waals surface area (Å²) in [6.07, 6.45) is 11.6. The number of rotatable bonds is 8. The molecule has 1 amide bonds. The normalized spacial score (nSPS) is 35.4. The number of carbonyl (C=O) groups is 1. The zero-order valence-electron chi connectivity index (χ0n) is 23.9. The molecule has 0 spiro atoms. The second-order valence-electron chi connectivity index (χ2n) is 14.4. The third-order valence-corrected chi connectivity index (χ3v) is 15.1. The Morgan fingerprint density at radius 1 is 1.00 bits per heavy atom. The second-order valence-corrected chi connectivity index (χ2v) is 19.2. The Balaban J connectivity index is 1.09. The minimum atomic E-state index is -1.68. The second kappa shape index (κ2) is 10.7. The summed E-state index contributed by atoms with van der Waals surface area (Å²) < 4.78 is 12.2. The van der Waals surface area contributed by atoms with Crippen LogP contribution in [0, 0.1) is 23.2 Å². The van der Waals surface area contributed by atoms with Gasteiger partial charge in [0.2, 0.25) is 0 Å². The number of ether oxygens (including phenoxy) is 1. The molecule has 0 saturated heterocycles. The Morgan fingerprint density at radius 2 is 1.65 bits per heavy atom. The molecule has 1 unspecified atom stereocenters. The first kappa shape index (κ1) is 27.2. The lowest BCUT2D eigenvalue weighted by Gasteiger charge is -2.61. The van der Waals surface area contributed by atoms with Crippen LogP contribution in [0.1, 0.15) is 84.1 Å². The minimum Gasteiger partial charge on any atom is -0.445 e. The lowest BCUT2D eigenvalue weighted by atomic mass is 9.48. The van der Waals surface area contributed by atoms with Crippen molar-refractivity contribution < 1.29 is 14.0 Å². The van der Waals surface area contributed by atoms with Crippen LogP contribution in [-0.4, -0.2) is 39.1 Å². The standard InChI is InChI=1S/C31H50N2O3Si/c1-30(2,3)37(4,5)36-27-13-11-26(12-14-27)33-28-24-15-23-16-25(28)19-31(17-23,18-24)21-32-29(34)35-20-22-9-7-6-8-10-22/h6-10,23-28,33H,11-21H2,1-5H3,(H,32,34)/t23?,24-,25+,26-,27+,28-,31-. The molecular formula is C31H50N2O3Si. The van der Waals surface area contributed by atoms with Gasteiger partial charge < -0.3 is 19.8 Å². The van der Waals surface area contributed by atoms with E-state index in [1.165, 1.54) is 57.8 Å². The van der Waals surface area contributed by atoms with Gasteiger partial charge in [-0.15, -0.1) is 0 Å². The van der Waals surface area contributed by atoms with Gasteiger partial charge in [0.05, 0.1) is 0 Å². The predicted octanol–water partition coefficient (Wildman–Crippen LogP) is 7.03. The van der Waals surface area contributed by atoms with Crippen LogP contribution in [0.2, 0.25) is 18.1 Å². The molecule has 5 atom stereocenters. The van der Waals surface area contributed by atoms with Crippen molar-refractivity contribution in [3.05, 3.63) is 35.9 Å². The summed E-state index contributed by atoms with van der Waals surface area (Å²) in [5.41, 5.74) is 1.30. The van der Waals surface area contributed by atoms with Gasteiger partial charge in [0, 0.05) is 24.7 Å². The fourth-order valence-electron chi connectivity index (χ4n) is 7.93. The minimum absolute atomic E-state index is 0.272. The molecule has 0 radical (unpaired) electrons. The van der Waals surface area contributed by atoms with E-state index in [-0.39, 0.29) is 16.5 Å².